The number of halogens is 1. The van der Waals surface area contributed by atoms with Crippen LogP contribution in [0.2, 0.25) is 0 Å². The fraction of sp³-hybridized carbons (Fsp3) is 0.222. The van der Waals surface area contributed by atoms with Gasteiger partial charge in [-0.15, -0.1) is 0 Å². The molecule has 0 radical (unpaired) electrons. The summed E-state index contributed by atoms with van der Waals surface area (Å²) in [7, 11) is 0. The van der Waals surface area contributed by atoms with Crippen LogP contribution in [-0.2, 0) is 9.59 Å². The van der Waals surface area contributed by atoms with E-state index in [0.717, 1.165) is 10.0 Å². The Balaban J connectivity index is 1.61. The lowest BCUT2D eigenvalue weighted by Crippen LogP contribution is -2.41. The van der Waals surface area contributed by atoms with Crippen LogP contribution in [0.3, 0.4) is 0 Å². The van der Waals surface area contributed by atoms with Crippen molar-refractivity contribution in [3.63, 3.8) is 0 Å². The molecular formula is C18H17BrN2O3. The summed E-state index contributed by atoms with van der Waals surface area (Å²) in [5, 5.41) is 5.65. The molecule has 0 aromatic heterocycles. The van der Waals surface area contributed by atoms with Crippen LogP contribution >= 0.6 is 15.9 Å². The summed E-state index contributed by atoms with van der Waals surface area (Å²) in [4.78, 5) is 24.3. The number of anilines is 1. The summed E-state index contributed by atoms with van der Waals surface area (Å²) in [6.45, 7) is 1.90. The zero-order chi connectivity index (χ0) is 17.1. The molecule has 5 nitrogen and oxygen atoms in total. The second-order valence-electron chi connectivity index (χ2n) is 5.64. The lowest BCUT2D eigenvalue weighted by molar-refractivity contribution is -0.130. The summed E-state index contributed by atoms with van der Waals surface area (Å²) in [5.74, 6) is 0.0425. The lowest BCUT2D eigenvalue weighted by Gasteiger charge is -2.25. The van der Waals surface area contributed by atoms with Crippen molar-refractivity contribution < 1.29 is 14.3 Å². The molecule has 0 unspecified atom stereocenters. The maximum Gasteiger partial charge on any atom is 0.266 e. The minimum absolute atomic E-state index is 0.0268. The SMILES string of the molecule is C[C@H](NC(=O)C[C@H]1Oc2ccccc2NC1=O)c1ccc(Br)cc1. The van der Waals surface area contributed by atoms with Gasteiger partial charge in [-0.2, -0.15) is 0 Å². The lowest BCUT2D eigenvalue weighted by atomic mass is 10.1. The first-order valence-corrected chi connectivity index (χ1v) is 8.43. The molecule has 0 bridgehead atoms. The van der Waals surface area contributed by atoms with E-state index in [0.29, 0.717) is 11.4 Å². The molecule has 2 N–H and O–H groups in total. The molecule has 124 valence electrons. The Morgan fingerprint density at radius 1 is 1.25 bits per heavy atom. The maximum absolute atomic E-state index is 12.2. The van der Waals surface area contributed by atoms with E-state index in [2.05, 4.69) is 26.6 Å². The van der Waals surface area contributed by atoms with Crippen molar-refractivity contribution in [2.24, 2.45) is 0 Å². The first-order chi connectivity index (χ1) is 11.5. The Morgan fingerprint density at radius 2 is 1.96 bits per heavy atom. The van der Waals surface area contributed by atoms with Crippen LogP contribution in [0.5, 0.6) is 5.75 Å². The molecule has 0 saturated heterocycles. The number of nitrogens with one attached hydrogen (secondary N) is 2. The van der Waals surface area contributed by atoms with Crippen LogP contribution in [0.4, 0.5) is 5.69 Å². The molecule has 2 aromatic carbocycles. The number of fused-ring (bicyclic) bond motifs is 1. The minimum atomic E-state index is -0.822. The van der Waals surface area contributed by atoms with Crippen LogP contribution < -0.4 is 15.4 Å². The number of para-hydroxylation sites is 2. The molecular weight excluding hydrogens is 372 g/mol. The molecule has 2 aromatic rings. The molecule has 3 rings (SSSR count). The second kappa shape index (κ2) is 7.05. The minimum Gasteiger partial charge on any atom is -0.478 e. The number of hydrogen-bond acceptors (Lipinski definition) is 3. The molecule has 0 aliphatic carbocycles. The second-order valence-corrected chi connectivity index (χ2v) is 6.55. The van der Waals surface area contributed by atoms with Gasteiger partial charge in [-0.05, 0) is 36.8 Å². The zero-order valence-corrected chi connectivity index (χ0v) is 14.7. The molecule has 24 heavy (non-hydrogen) atoms. The van der Waals surface area contributed by atoms with Gasteiger partial charge in [0.05, 0.1) is 18.2 Å². The fourth-order valence-electron chi connectivity index (χ4n) is 2.53. The van der Waals surface area contributed by atoms with Crippen molar-refractivity contribution in [3.8, 4) is 5.75 Å². The highest BCUT2D eigenvalue weighted by Gasteiger charge is 2.29. The van der Waals surface area contributed by atoms with Gasteiger partial charge in [0.1, 0.15) is 5.75 Å². The zero-order valence-electron chi connectivity index (χ0n) is 13.1. The van der Waals surface area contributed by atoms with E-state index in [1.54, 1.807) is 12.1 Å². The predicted octanol–water partition coefficient (Wildman–Crippen LogP) is 3.42. The van der Waals surface area contributed by atoms with Crippen LogP contribution in [0.15, 0.2) is 53.0 Å². The Morgan fingerprint density at radius 3 is 2.71 bits per heavy atom. The van der Waals surface area contributed by atoms with E-state index in [4.69, 9.17) is 4.74 Å². The normalized spacial score (nSPS) is 17.2. The summed E-state index contributed by atoms with van der Waals surface area (Å²) in [6.07, 6.45) is -0.849. The molecule has 1 aliphatic heterocycles. The quantitative estimate of drug-likeness (QED) is 0.842. The van der Waals surface area contributed by atoms with Crippen LogP contribution in [0, 0.1) is 0 Å². The van der Waals surface area contributed by atoms with Gasteiger partial charge in [-0.1, -0.05) is 40.2 Å². The Bertz CT molecular complexity index is 761. The van der Waals surface area contributed by atoms with Crippen LogP contribution in [0.1, 0.15) is 24.9 Å². The summed E-state index contributed by atoms with van der Waals surface area (Å²) in [5.41, 5.74) is 1.62. The van der Waals surface area contributed by atoms with E-state index < -0.39 is 6.10 Å². The maximum atomic E-state index is 12.2. The first-order valence-electron chi connectivity index (χ1n) is 7.64. The predicted molar refractivity (Wildman–Crippen MR) is 94.8 cm³/mol. The van der Waals surface area contributed by atoms with E-state index in [9.17, 15) is 9.59 Å². The van der Waals surface area contributed by atoms with E-state index in [1.165, 1.54) is 0 Å². The molecule has 2 amide bonds. The van der Waals surface area contributed by atoms with Gasteiger partial charge in [0.2, 0.25) is 5.91 Å². The summed E-state index contributed by atoms with van der Waals surface area (Å²) >= 11 is 3.38. The topological polar surface area (TPSA) is 67.4 Å². The molecule has 1 heterocycles. The van der Waals surface area contributed by atoms with Gasteiger partial charge in [-0.25, -0.2) is 0 Å². The highest BCUT2D eigenvalue weighted by molar-refractivity contribution is 9.10. The smallest absolute Gasteiger partial charge is 0.266 e. The standard InChI is InChI=1S/C18H17BrN2O3/c1-11(12-6-8-13(19)9-7-12)20-17(22)10-16-18(23)21-14-4-2-3-5-15(14)24-16/h2-9,11,16H,10H2,1H3,(H,20,22)(H,21,23)/t11-,16+/m0/s1. The van der Waals surface area contributed by atoms with Crippen LogP contribution in [-0.4, -0.2) is 17.9 Å². The van der Waals surface area contributed by atoms with E-state index in [1.807, 2.05) is 43.3 Å². The van der Waals surface area contributed by atoms with Crippen molar-refractivity contribution in [2.75, 3.05) is 5.32 Å². The van der Waals surface area contributed by atoms with Gasteiger partial charge >= 0.3 is 0 Å². The third-order valence-corrected chi connectivity index (χ3v) is 4.35. The summed E-state index contributed by atoms with van der Waals surface area (Å²) < 4.78 is 6.62. The molecule has 6 heteroatoms. The molecule has 2 atom stereocenters. The summed E-state index contributed by atoms with van der Waals surface area (Å²) in [6, 6.07) is 14.7. The average Bonchev–Trinajstić information content (AvgIpc) is 2.56. The number of amides is 2. The molecule has 0 fully saturated rings. The van der Waals surface area contributed by atoms with Gasteiger partial charge in [-0.3, -0.25) is 9.59 Å². The van der Waals surface area contributed by atoms with Crippen LogP contribution in [0.25, 0.3) is 0 Å². The highest BCUT2D eigenvalue weighted by Crippen LogP contribution is 2.29. The monoisotopic (exact) mass is 388 g/mol. The number of carbonyl (C=O) groups is 2. The van der Waals surface area contributed by atoms with Crippen molar-refractivity contribution in [3.05, 3.63) is 58.6 Å². The first kappa shape index (κ1) is 16.5. The fourth-order valence-corrected chi connectivity index (χ4v) is 2.79. The molecule has 0 saturated carbocycles. The van der Waals surface area contributed by atoms with Crippen molar-refractivity contribution in [2.45, 2.75) is 25.5 Å². The third kappa shape index (κ3) is 3.76. The third-order valence-electron chi connectivity index (χ3n) is 3.82. The Hall–Kier alpha value is -2.34. The molecule has 0 spiro atoms. The van der Waals surface area contributed by atoms with Crippen molar-refractivity contribution in [1.82, 2.24) is 5.32 Å². The van der Waals surface area contributed by atoms with Gasteiger partial charge < -0.3 is 15.4 Å². The number of carbonyl (C=O) groups excluding carboxylic acids is 2. The van der Waals surface area contributed by atoms with Crippen molar-refractivity contribution in [1.29, 1.82) is 0 Å². The van der Waals surface area contributed by atoms with Gasteiger partial charge in [0.25, 0.3) is 5.91 Å². The number of ether oxygens (including phenoxy) is 1. The van der Waals surface area contributed by atoms with Gasteiger partial charge in [0, 0.05) is 4.47 Å². The number of benzene rings is 2. The average molecular weight is 389 g/mol. The molecule has 1 aliphatic rings. The van der Waals surface area contributed by atoms with Crippen molar-refractivity contribution >= 4 is 33.4 Å². The number of rotatable bonds is 4. The Labute approximate surface area is 148 Å². The van der Waals surface area contributed by atoms with E-state index in [-0.39, 0.29) is 24.3 Å². The largest absolute Gasteiger partial charge is 0.478 e. The Kier molecular flexibility index (Phi) is 4.85. The number of hydrogen-bond donors (Lipinski definition) is 2. The highest BCUT2D eigenvalue weighted by atomic mass is 79.9. The van der Waals surface area contributed by atoms with Gasteiger partial charge in [0.15, 0.2) is 6.10 Å². The van der Waals surface area contributed by atoms with E-state index >= 15 is 0 Å².